The van der Waals surface area contributed by atoms with Gasteiger partial charge in [-0.3, -0.25) is 4.79 Å². The number of amides is 1. The number of benzene rings is 3. The van der Waals surface area contributed by atoms with Gasteiger partial charge < -0.3 is 5.32 Å². The van der Waals surface area contributed by atoms with Crippen molar-refractivity contribution in [3.8, 4) is 11.4 Å². The Bertz CT molecular complexity index is 1240. The van der Waals surface area contributed by atoms with E-state index < -0.39 is 0 Å². The normalized spacial score (nSPS) is 11.0. The lowest BCUT2D eigenvalue weighted by molar-refractivity contribution is -0.113. The lowest BCUT2D eigenvalue weighted by Gasteiger charge is -2.14. The molecule has 0 fully saturated rings. The van der Waals surface area contributed by atoms with Crippen LogP contribution in [0.25, 0.3) is 22.3 Å². The highest BCUT2D eigenvalue weighted by Crippen LogP contribution is 2.30. The Morgan fingerprint density at radius 1 is 0.938 bits per heavy atom. The second-order valence-corrected chi connectivity index (χ2v) is 8.34. The summed E-state index contributed by atoms with van der Waals surface area (Å²) in [6, 6.07) is 20.2. The van der Waals surface area contributed by atoms with Crippen LogP contribution in [0.3, 0.4) is 0 Å². The van der Waals surface area contributed by atoms with Gasteiger partial charge in [-0.15, -0.1) is 0 Å². The van der Waals surface area contributed by atoms with Crippen LogP contribution in [-0.4, -0.2) is 21.6 Å². The molecule has 0 aliphatic carbocycles. The van der Waals surface area contributed by atoms with Gasteiger partial charge in [-0.2, -0.15) is 0 Å². The predicted molar refractivity (Wildman–Crippen MR) is 129 cm³/mol. The van der Waals surface area contributed by atoms with E-state index in [0.717, 1.165) is 35.2 Å². The third-order valence-corrected chi connectivity index (χ3v) is 6.25. The van der Waals surface area contributed by atoms with Crippen molar-refractivity contribution < 1.29 is 9.18 Å². The molecule has 1 aromatic heterocycles. The molecule has 1 heterocycles. The Kier molecular flexibility index (Phi) is 6.81. The number of para-hydroxylation sites is 1. The lowest BCUT2D eigenvalue weighted by atomic mass is 10.0. The molecule has 0 bridgehead atoms. The SMILES string of the molecule is CCc1cccc(CC)c1NC(=O)CSc1nc(-c2ccccc2)nc2ccc(F)cc12. The minimum absolute atomic E-state index is 0.116. The molecule has 4 aromatic rings. The Labute approximate surface area is 191 Å². The molecule has 0 unspecified atom stereocenters. The Morgan fingerprint density at radius 3 is 2.34 bits per heavy atom. The third-order valence-electron chi connectivity index (χ3n) is 5.26. The van der Waals surface area contributed by atoms with Gasteiger partial charge in [-0.1, -0.05) is 74.1 Å². The number of carbonyl (C=O) groups is 1. The van der Waals surface area contributed by atoms with E-state index in [2.05, 4.69) is 29.1 Å². The number of anilines is 1. The number of rotatable bonds is 7. The summed E-state index contributed by atoms with van der Waals surface area (Å²) in [5.74, 6) is 0.245. The van der Waals surface area contributed by atoms with Crippen LogP contribution in [0.5, 0.6) is 0 Å². The fraction of sp³-hybridized carbons (Fsp3) is 0.192. The van der Waals surface area contributed by atoms with Gasteiger partial charge in [0.25, 0.3) is 0 Å². The maximum Gasteiger partial charge on any atom is 0.234 e. The van der Waals surface area contributed by atoms with Crippen molar-refractivity contribution in [1.82, 2.24) is 9.97 Å². The molecule has 0 radical (unpaired) electrons. The zero-order valence-electron chi connectivity index (χ0n) is 18.1. The van der Waals surface area contributed by atoms with Gasteiger partial charge in [0.05, 0.1) is 11.3 Å². The summed E-state index contributed by atoms with van der Waals surface area (Å²) in [4.78, 5) is 22.1. The van der Waals surface area contributed by atoms with Crippen molar-refractivity contribution in [2.24, 2.45) is 0 Å². The molecule has 4 nitrogen and oxygen atoms in total. The number of nitrogens with one attached hydrogen (secondary N) is 1. The highest BCUT2D eigenvalue weighted by atomic mass is 32.2. The number of aromatic nitrogens is 2. The van der Waals surface area contributed by atoms with Crippen LogP contribution in [0, 0.1) is 5.82 Å². The van der Waals surface area contributed by atoms with Crippen molar-refractivity contribution in [3.05, 3.63) is 83.7 Å². The zero-order valence-corrected chi connectivity index (χ0v) is 18.9. The number of carbonyl (C=O) groups excluding carboxylic acids is 1. The topological polar surface area (TPSA) is 54.9 Å². The van der Waals surface area contributed by atoms with E-state index in [9.17, 15) is 9.18 Å². The standard InChI is InChI=1S/C26H24FN3OS/c1-3-17-11-8-12-18(4-2)24(17)29-23(31)16-32-26-21-15-20(27)13-14-22(21)28-25(30-26)19-9-6-5-7-10-19/h5-15H,3-4,16H2,1-2H3,(H,29,31). The summed E-state index contributed by atoms with van der Waals surface area (Å²) in [5, 5.41) is 4.27. The lowest BCUT2D eigenvalue weighted by Crippen LogP contribution is -2.17. The molecule has 0 atom stereocenters. The molecule has 1 N–H and O–H groups in total. The Hall–Kier alpha value is -3.25. The third kappa shape index (κ3) is 4.81. The molecule has 1 amide bonds. The van der Waals surface area contributed by atoms with Crippen LogP contribution in [0.2, 0.25) is 0 Å². The van der Waals surface area contributed by atoms with Gasteiger partial charge in [-0.25, -0.2) is 14.4 Å². The predicted octanol–water partition coefficient (Wildman–Crippen LogP) is 6.29. The van der Waals surface area contributed by atoms with Crippen LogP contribution in [-0.2, 0) is 17.6 Å². The molecule has 3 aromatic carbocycles. The van der Waals surface area contributed by atoms with Gasteiger partial charge in [0.15, 0.2) is 5.82 Å². The van der Waals surface area contributed by atoms with Crippen LogP contribution in [0.15, 0.2) is 71.8 Å². The molecule has 0 aliphatic heterocycles. The molecule has 32 heavy (non-hydrogen) atoms. The van der Waals surface area contributed by atoms with Crippen LogP contribution < -0.4 is 5.32 Å². The second kappa shape index (κ2) is 9.92. The second-order valence-electron chi connectivity index (χ2n) is 7.38. The number of nitrogens with zero attached hydrogens (tertiary/aromatic N) is 2. The Balaban J connectivity index is 1.62. The fourth-order valence-electron chi connectivity index (χ4n) is 3.61. The summed E-state index contributed by atoms with van der Waals surface area (Å²) < 4.78 is 13.9. The first-order valence-electron chi connectivity index (χ1n) is 10.6. The number of halogens is 1. The molecule has 6 heteroatoms. The number of aryl methyl sites for hydroxylation is 2. The number of thioether (sulfide) groups is 1. The monoisotopic (exact) mass is 445 g/mol. The van der Waals surface area contributed by atoms with Crippen LogP contribution in [0.1, 0.15) is 25.0 Å². The number of hydrogen-bond donors (Lipinski definition) is 1. The summed E-state index contributed by atoms with van der Waals surface area (Å²) >= 11 is 1.29. The minimum atomic E-state index is -0.357. The maximum absolute atomic E-state index is 13.9. The molecule has 0 spiro atoms. The van der Waals surface area contributed by atoms with E-state index in [4.69, 9.17) is 0 Å². The average Bonchev–Trinajstić information content (AvgIpc) is 2.83. The van der Waals surface area contributed by atoms with Gasteiger partial charge in [-0.05, 0) is 42.2 Å². The molecule has 0 saturated carbocycles. The smallest absolute Gasteiger partial charge is 0.234 e. The largest absolute Gasteiger partial charge is 0.325 e. The molecular formula is C26H24FN3OS. The highest BCUT2D eigenvalue weighted by Gasteiger charge is 2.14. The van der Waals surface area contributed by atoms with E-state index in [1.807, 2.05) is 48.5 Å². The molecular weight excluding hydrogens is 421 g/mol. The zero-order chi connectivity index (χ0) is 22.5. The molecule has 0 aliphatic rings. The van der Waals surface area contributed by atoms with Crippen molar-refractivity contribution in [2.75, 3.05) is 11.1 Å². The number of hydrogen-bond acceptors (Lipinski definition) is 4. The van der Waals surface area contributed by atoms with Crippen molar-refractivity contribution in [1.29, 1.82) is 0 Å². The van der Waals surface area contributed by atoms with E-state index in [1.165, 1.54) is 23.9 Å². The van der Waals surface area contributed by atoms with E-state index in [1.54, 1.807) is 6.07 Å². The summed E-state index contributed by atoms with van der Waals surface area (Å²) in [5.41, 5.74) is 4.64. The first kappa shape index (κ1) is 22.0. The first-order chi connectivity index (χ1) is 15.6. The summed E-state index contributed by atoms with van der Waals surface area (Å²) in [6.07, 6.45) is 1.68. The average molecular weight is 446 g/mol. The molecule has 162 valence electrons. The van der Waals surface area contributed by atoms with Gasteiger partial charge in [0, 0.05) is 16.6 Å². The minimum Gasteiger partial charge on any atom is -0.325 e. The molecule has 4 rings (SSSR count). The van der Waals surface area contributed by atoms with Gasteiger partial charge in [0.2, 0.25) is 5.91 Å². The highest BCUT2D eigenvalue weighted by molar-refractivity contribution is 8.00. The van der Waals surface area contributed by atoms with Gasteiger partial charge in [0.1, 0.15) is 10.8 Å². The Morgan fingerprint density at radius 2 is 1.66 bits per heavy atom. The first-order valence-corrected chi connectivity index (χ1v) is 11.6. The van der Waals surface area contributed by atoms with E-state index in [0.29, 0.717) is 21.8 Å². The summed E-state index contributed by atoms with van der Waals surface area (Å²) in [7, 11) is 0. The van der Waals surface area contributed by atoms with Crippen molar-refractivity contribution in [3.63, 3.8) is 0 Å². The van der Waals surface area contributed by atoms with Gasteiger partial charge >= 0.3 is 0 Å². The quantitative estimate of drug-likeness (QED) is 0.268. The van der Waals surface area contributed by atoms with E-state index in [-0.39, 0.29) is 17.5 Å². The summed E-state index contributed by atoms with van der Waals surface area (Å²) in [6.45, 7) is 4.15. The van der Waals surface area contributed by atoms with Crippen LogP contribution >= 0.6 is 11.8 Å². The van der Waals surface area contributed by atoms with E-state index >= 15 is 0 Å². The maximum atomic E-state index is 13.9. The van der Waals surface area contributed by atoms with Crippen molar-refractivity contribution in [2.45, 2.75) is 31.7 Å². The molecule has 0 saturated heterocycles. The van der Waals surface area contributed by atoms with Crippen LogP contribution in [0.4, 0.5) is 10.1 Å². The fourth-order valence-corrected chi connectivity index (χ4v) is 4.42. The number of fused-ring (bicyclic) bond motifs is 1. The van der Waals surface area contributed by atoms with Crippen molar-refractivity contribution >= 4 is 34.3 Å².